The molecule has 5 nitrogen and oxygen atoms in total. The predicted molar refractivity (Wildman–Crippen MR) is 42.7 cm³/mol. The highest BCUT2D eigenvalue weighted by molar-refractivity contribution is 5.76. The Morgan fingerprint density at radius 1 is 1.58 bits per heavy atom. The normalized spacial score (nSPS) is 35.8. The monoisotopic (exact) mass is 171 g/mol. The van der Waals surface area contributed by atoms with E-state index in [1.807, 2.05) is 0 Å². The molecule has 0 aromatic carbocycles. The van der Waals surface area contributed by atoms with Crippen molar-refractivity contribution in [1.29, 1.82) is 0 Å². The number of nitrogens with one attached hydrogen (secondary N) is 1. The zero-order chi connectivity index (χ0) is 8.55. The second kappa shape index (κ2) is 2.91. The van der Waals surface area contributed by atoms with Crippen molar-refractivity contribution in [3.8, 4) is 0 Å². The summed E-state index contributed by atoms with van der Waals surface area (Å²) in [6, 6.07) is 0.0438. The minimum atomic E-state index is -0.0196. The fourth-order valence-electron chi connectivity index (χ4n) is 1.68. The van der Waals surface area contributed by atoms with E-state index in [1.54, 1.807) is 4.90 Å². The molecule has 2 atom stereocenters. The molecule has 0 saturated carbocycles. The van der Waals surface area contributed by atoms with Gasteiger partial charge in [-0.25, -0.2) is 4.79 Å². The van der Waals surface area contributed by atoms with Gasteiger partial charge in [0.25, 0.3) is 0 Å². The van der Waals surface area contributed by atoms with Crippen LogP contribution in [-0.4, -0.2) is 49.3 Å². The highest BCUT2D eigenvalue weighted by atomic mass is 16.5. The molecule has 2 heterocycles. The first kappa shape index (κ1) is 7.82. The van der Waals surface area contributed by atoms with Crippen molar-refractivity contribution in [3.05, 3.63) is 0 Å². The molecule has 0 bridgehead atoms. The van der Waals surface area contributed by atoms with Gasteiger partial charge in [-0.3, -0.25) is 0 Å². The summed E-state index contributed by atoms with van der Waals surface area (Å²) in [5, 5.41) is 2.74. The van der Waals surface area contributed by atoms with E-state index in [0.717, 1.165) is 13.1 Å². The average Bonchev–Trinajstić information content (AvgIpc) is 2.59. The smallest absolute Gasteiger partial charge is 0.317 e. The van der Waals surface area contributed by atoms with Crippen molar-refractivity contribution in [2.45, 2.75) is 12.1 Å². The van der Waals surface area contributed by atoms with Crippen LogP contribution in [0.2, 0.25) is 0 Å². The summed E-state index contributed by atoms with van der Waals surface area (Å²) in [5.41, 5.74) is 5.77. The summed E-state index contributed by atoms with van der Waals surface area (Å²) in [5.74, 6) is 0. The number of carbonyl (C=O) groups is 1. The third-order valence-corrected chi connectivity index (χ3v) is 2.38. The molecular formula is C7H13N3O2. The molecular weight excluding hydrogens is 158 g/mol. The molecule has 0 radical (unpaired) electrons. The van der Waals surface area contributed by atoms with E-state index in [0.29, 0.717) is 13.2 Å². The molecule has 5 heteroatoms. The molecule has 0 spiro atoms. The minimum absolute atomic E-state index is 0.0130. The number of rotatable bonds is 1. The molecule has 2 amide bonds. The summed E-state index contributed by atoms with van der Waals surface area (Å²) < 4.78 is 5.18. The molecule has 0 aromatic rings. The molecule has 2 saturated heterocycles. The van der Waals surface area contributed by atoms with E-state index in [4.69, 9.17) is 10.5 Å². The van der Waals surface area contributed by atoms with E-state index < -0.39 is 0 Å². The highest BCUT2D eigenvalue weighted by Crippen LogP contribution is 2.13. The van der Waals surface area contributed by atoms with Crippen LogP contribution in [0.5, 0.6) is 0 Å². The molecule has 68 valence electrons. The number of hydrogen-bond donors (Lipinski definition) is 2. The summed E-state index contributed by atoms with van der Waals surface area (Å²) in [4.78, 5) is 13.0. The molecule has 0 aromatic heterocycles. The summed E-state index contributed by atoms with van der Waals surface area (Å²) in [7, 11) is 0. The second-order valence-electron chi connectivity index (χ2n) is 3.19. The molecule has 2 rings (SSSR count). The van der Waals surface area contributed by atoms with Crippen LogP contribution in [0.25, 0.3) is 0 Å². The average molecular weight is 171 g/mol. The number of ether oxygens (including phenoxy) is 1. The molecule has 0 aliphatic carbocycles. The molecule has 2 unspecified atom stereocenters. The molecule has 12 heavy (non-hydrogen) atoms. The standard InChI is InChI=1S/C7H13N3O2/c8-5-3-12-4-6(5)10-2-1-9-7(10)11/h5-6H,1-4,8H2,(H,9,11). The number of hydrogen-bond acceptors (Lipinski definition) is 3. The topological polar surface area (TPSA) is 67.6 Å². The third kappa shape index (κ3) is 1.15. The molecule has 2 aliphatic rings. The lowest BCUT2D eigenvalue weighted by atomic mass is 10.1. The van der Waals surface area contributed by atoms with Gasteiger partial charge in [-0.05, 0) is 0 Å². The van der Waals surface area contributed by atoms with Crippen LogP contribution in [-0.2, 0) is 4.74 Å². The Morgan fingerprint density at radius 3 is 2.92 bits per heavy atom. The first-order valence-electron chi connectivity index (χ1n) is 4.17. The van der Waals surface area contributed by atoms with Crippen LogP contribution < -0.4 is 11.1 Å². The van der Waals surface area contributed by atoms with E-state index >= 15 is 0 Å². The largest absolute Gasteiger partial charge is 0.378 e. The maximum Gasteiger partial charge on any atom is 0.317 e. The van der Waals surface area contributed by atoms with Gasteiger partial charge < -0.3 is 20.7 Å². The maximum atomic E-state index is 11.2. The lowest BCUT2D eigenvalue weighted by Crippen LogP contribution is -2.48. The summed E-state index contributed by atoms with van der Waals surface area (Å²) in [6.07, 6.45) is 0. The molecule has 3 N–H and O–H groups in total. The zero-order valence-electron chi connectivity index (χ0n) is 6.82. The van der Waals surface area contributed by atoms with Gasteiger partial charge in [0, 0.05) is 13.1 Å². The van der Waals surface area contributed by atoms with Crippen molar-refractivity contribution < 1.29 is 9.53 Å². The van der Waals surface area contributed by atoms with E-state index in [-0.39, 0.29) is 18.1 Å². The highest BCUT2D eigenvalue weighted by Gasteiger charge is 2.35. The van der Waals surface area contributed by atoms with Crippen molar-refractivity contribution >= 4 is 6.03 Å². The third-order valence-electron chi connectivity index (χ3n) is 2.38. The lowest BCUT2D eigenvalue weighted by molar-refractivity contribution is 0.160. The second-order valence-corrected chi connectivity index (χ2v) is 3.19. The molecule has 2 aliphatic heterocycles. The van der Waals surface area contributed by atoms with Gasteiger partial charge in [-0.1, -0.05) is 0 Å². The van der Waals surface area contributed by atoms with E-state index in [2.05, 4.69) is 5.32 Å². The zero-order valence-corrected chi connectivity index (χ0v) is 6.82. The van der Waals surface area contributed by atoms with Gasteiger partial charge >= 0.3 is 6.03 Å². The van der Waals surface area contributed by atoms with Crippen LogP contribution in [0.3, 0.4) is 0 Å². The maximum absolute atomic E-state index is 11.2. The van der Waals surface area contributed by atoms with Crippen LogP contribution in [0, 0.1) is 0 Å². The Labute approximate surface area is 70.8 Å². The van der Waals surface area contributed by atoms with Gasteiger partial charge in [0.1, 0.15) is 0 Å². The van der Waals surface area contributed by atoms with Crippen LogP contribution in [0.4, 0.5) is 4.79 Å². The summed E-state index contributed by atoms with van der Waals surface area (Å²) >= 11 is 0. The number of nitrogens with two attached hydrogens (primary N) is 1. The van der Waals surface area contributed by atoms with Crippen LogP contribution in [0.1, 0.15) is 0 Å². The SMILES string of the molecule is NC1COCC1N1CCNC1=O. The first-order valence-corrected chi connectivity index (χ1v) is 4.17. The van der Waals surface area contributed by atoms with Crippen molar-refractivity contribution in [1.82, 2.24) is 10.2 Å². The lowest BCUT2D eigenvalue weighted by Gasteiger charge is -2.24. The fourth-order valence-corrected chi connectivity index (χ4v) is 1.68. The number of nitrogens with zero attached hydrogens (tertiary/aromatic N) is 1. The Kier molecular flexibility index (Phi) is 1.90. The van der Waals surface area contributed by atoms with Gasteiger partial charge in [0.15, 0.2) is 0 Å². The van der Waals surface area contributed by atoms with Gasteiger partial charge in [0.2, 0.25) is 0 Å². The number of urea groups is 1. The van der Waals surface area contributed by atoms with Crippen molar-refractivity contribution in [2.75, 3.05) is 26.3 Å². The van der Waals surface area contributed by atoms with Crippen LogP contribution >= 0.6 is 0 Å². The number of carbonyl (C=O) groups excluding carboxylic acids is 1. The Balaban J connectivity index is 2.03. The van der Waals surface area contributed by atoms with Gasteiger partial charge in [-0.2, -0.15) is 0 Å². The summed E-state index contributed by atoms with van der Waals surface area (Å²) in [6.45, 7) is 2.62. The van der Waals surface area contributed by atoms with Crippen molar-refractivity contribution in [2.24, 2.45) is 5.73 Å². The molecule has 2 fully saturated rings. The Morgan fingerprint density at radius 2 is 2.42 bits per heavy atom. The fraction of sp³-hybridized carbons (Fsp3) is 0.857. The first-order chi connectivity index (χ1) is 5.79. The quantitative estimate of drug-likeness (QED) is 0.517. The van der Waals surface area contributed by atoms with E-state index in [9.17, 15) is 4.79 Å². The van der Waals surface area contributed by atoms with Gasteiger partial charge in [0.05, 0.1) is 25.3 Å². The van der Waals surface area contributed by atoms with Crippen molar-refractivity contribution in [3.63, 3.8) is 0 Å². The Bertz CT molecular complexity index is 197. The van der Waals surface area contributed by atoms with Crippen LogP contribution in [0.15, 0.2) is 0 Å². The predicted octanol–water partition coefficient (Wildman–Crippen LogP) is -1.26. The van der Waals surface area contributed by atoms with E-state index in [1.165, 1.54) is 0 Å². The minimum Gasteiger partial charge on any atom is -0.378 e. The Hall–Kier alpha value is -0.810. The number of amides is 2. The van der Waals surface area contributed by atoms with Gasteiger partial charge in [-0.15, -0.1) is 0 Å².